The average Bonchev–Trinajstić information content (AvgIpc) is 3.25. The molecule has 0 bridgehead atoms. The predicted molar refractivity (Wildman–Crippen MR) is 105 cm³/mol. The fourth-order valence-electron chi connectivity index (χ4n) is 4.07. The van der Waals surface area contributed by atoms with Gasteiger partial charge < -0.3 is 9.64 Å². The summed E-state index contributed by atoms with van der Waals surface area (Å²) < 4.78 is 5.89. The minimum Gasteiger partial charge on any atom is -0.474 e. The molecule has 28 heavy (non-hydrogen) atoms. The lowest BCUT2D eigenvalue weighted by atomic mass is 10.0. The second-order valence-corrected chi connectivity index (χ2v) is 7.53. The second kappa shape index (κ2) is 7.19. The molecular formula is C22H22N4O2. The van der Waals surface area contributed by atoms with Gasteiger partial charge in [0.2, 0.25) is 5.88 Å². The van der Waals surface area contributed by atoms with Crippen LogP contribution < -0.4 is 4.74 Å². The quantitative estimate of drug-likeness (QED) is 0.701. The zero-order valence-electron chi connectivity index (χ0n) is 15.7. The molecule has 0 spiro atoms. The fraction of sp³-hybridized carbons (Fsp3) is 0.364. The fourth-order valence-corrected chi connectivity index (χ4v) is 4.07. The molecule has 2 aliphatic rings. The third kappa shape index (κ3) is 3.30. The molecule has 6 nitrogen and oxygen atoms in total. The summed E-state index contributed by atoms with van der Waals surface area (Å²) in [7, 11) is 0. The zero-order chi connectivity index (χ0) is 18.9. The summed E-state index contributed by atoms with van der Waals surface area (Å²) in [5, 5.41) is 1.01. The van der Waals surface area contributed by atoms with Crippen molar-refractivity contribution in [1.29, 1.82) is 0 Å². The van der Waals surface area contributed by atoms with Crippen LogP contribution in [0.2, 0.25) is 0 Å². The van der Waals surface area contributed by atoms with Crippen LogP contribution in [0.3, 0.4) is 0 Å². The molecule has 5 rings (SSSR count). The molecule has 1 amide bonds. The van der Waals surface area contributed by atoms with E-state index in [-0.39, 0.29) is 12.0 Å². The number of nitrogens with zero attached hydrogens (tertiary/aromatic N) is 4. The SMILES string of the molecule is O=C(c1ccc(OC2CCCC2)nc1)N1CCc2nc3ncccc3cc2C1. The van der Waals surface area contributed by atoms with E-state index in [1.54, 1.807) is 12.4 Å². The zero-order valence-corrected chi connectivity index (χ0v) is 15.7. The van der Waals surface area contributed by atoms with E-state index < -0.39 is 0 Å². The summed E-state index contributed by atoms with van der Waals surface area (Å²) >= 11 is 0. The summed E-state index contributed by atoms with van der Waals surface area (Å²) in [6.45, 7) is 1.21. The number of aromatic nitrogens is 3. The van der Waals surface area contributed by atoms with Crippen LogP contribution in [0.4, 0.5) is 0 Å². The number of hydrogen-bond donors (Lipinski definition) is 0. The smallest absolute Gasteiger partial charge is 0.255 e. The standard InChI is InChI=1S/C22H22N4O2/c27-22(16-7-8-20(24-13-16)28-18-5-1-2-6-18)26-11-9-19-17(14-26)12-15-4-3-10-23-21(15)25-19/h3-4,7-8,10,12-13,18H,1-2,5-6,9,11,14H2. The Bertz CT molecular complexity index is 1010. The van der Waals surface area contributed by atoms with Gasteiger partial charge in [0.25, 0.3) is 5.91 Å². The van der Waals surface area contributed by atoms with Gasteiger partial charge in [-0.25, -0.2) is 15.0 Å². The third-order valence-corrected chi connectivity index (χ3v) is 5.60. The maximum Gasteiger partial charge on any atom is 0.255 e. The Morgan fingerprint density at radius 3 is 2.86 bits per heavy atom. The number of ether oxygens (including phenoxy) is 1. The average molecular weight is 374 g/mol. The number of carbonyl (C=O) groups excluding carboxylic acids is 1. The lowest BCUT2D eigenvalue weighted by molar-refractivity contribution is 0.0733. The van der Waals surface area contributed by atoms with Crippen LogP contribution in [0.1, 0.15) is 47.3 Å². The van der Waals surface area contributed by atoms with Crippen molar-refractivity contribution >= 4 is 16.9 Å². The maximum atomic E-state index is 12.9. The van der Waals surface area contributed by atoms with Crippen molar-refractivity contribution in [2.75, 3.05) is 6.54 Å². The largest absolute Gasteiger partial charge is 0.474 e. The van der Waals surface area contributed by atoms with E-state index in [1.807, 2.05) is 29.2 Å². The highest BCUT2D eigenvalue weighted by Gasteiger charge is 2.24. The number of fused-ring (bicyclic) bond motifs is 2. The van der Waals surface area contributed by atoms with E-state index >= 15 is 0 Å². The van der Waals surface area contributed by atoms with Crippen molar-refractivity contribution in [3.63, 3.8) is 0 Å². The summed E-state index contributed by atoms with van der Waals surface area (Å²) in [6.07, 6.45) is 9.02. The van der Waals surface area contributed by atoms with E-state index in [4.69, 9.17) is 4.74 Å². The first kappa shape index (κ1) is 17.1. The summed E-state index contributed by atoms with van der Waals surface area (Å²) in [5.41, 5.74) is 3.49. The van der Waals surface area contributed by atoms with Crippen LogP contribution in [0.5, 0.6) is 5.88 Å². The van der Waals surface area contributed by atoms with Gasteiger partial charge in [0.05, 0.1) is 5.56 Å². The molecule has 1 fully saturated rings. The lowest BCUT2D eigenvalue weighted by Gasteiger charge is -2.28. The van der Waals surface area contributed by atoms with E-state index in [9.17, 15) is 4.79 Å². The normalized spacial score (nSPS) is 16.9. The Hall–Kier alpha value is -3.02. The van der Waals surface area contributed by atoms with Crippen LogP contribution in [0.15, 0.2) is 42.7 Å². The van der Waals surface area contributed by atoms with Crippen molar-refractivity contribution in [1.82, 2.24) is 19.9 Å². The number of pyridine rings is 3. The van der Waals surface area contributed by atoms with Crippen LogP contribution in [-0.2, 0) is 13.0 Å². The summed E-state index contributed by atoms with van der Waals surface area (Å²) in [6, 6.07) is 9.63. The monoisotopic (exact) mass is 374 g/mol. The van der Waals surface area contributed by atoms with E-state index in [1.165, 1.54) is 12.8 Å². The Kier molecular flexibility index (Phi) is 4.39. The van der Waals surface area contributed by atoms with Crippen LogP contribution in [0.25, 0.3) is 11.0 Å². The van der Waals surface area contributed by atoms with Crippen molar-refractivity contribution in [2.24, 2.45) is 0 Å². The Morgan fingerprint density at radius 2 is 2.04 bits per heavy atom. The maximum absolute atomic E-state index is 12.9. The molecule has 0 saturated heterocycles. The van der Waals surface area contributed by atoms with Crippen molar-refractivity contribution in [3.05, 3.63) is 59.5 Å². The Morgan fingerprint density at radius 1 is 1.14 bits per heavy atom. The number of carbonyl (C=O) groups is 1. The predicted octanol–water partition coefficient (Wildman–Crippen LogP) is 3.54. The van der Waals surface area contributed by atoms with E-state index in [2.05, 4.69) is 21.0 Å². The van der Waals surface area contributed by atoms with Crippen molar-refractivity contribution < 1.29 is 9.53 Å². The Labute approximate surface area is 163 Å². The van der Waals surface area contributed by atoms with Crippen molar-refractivity contribution in [3.8, 4) is 5.88 Å². The van der Waals surface area contributed by atoms with Crippen LogP contribution in [0, 0.1) is 0 Å². The highest BCUT2D eigenvalue weighted by atomic mass is 16.5. The van der Waals surface area contributed by atoms with Gasteiger partial charge in [-0.2, -0.15) is 0 Å². The molecule has 1 aliphatic carbocycles. The van der Waals surface area contributed by atoms with Gasteiger partial charge in [-0.05, 0) is 55.5 Å². The molecule has 4 heterocycles. The molecule has 0 atom stereocenters. The number of rotatable bonds is 3. The molecule has 1 aliphatic heterocycles. The molecule has 3 aromatic rings. The summed E-state index contributed by atoms with van der Waals surface area (Å²) in [5.74, 6) is 0.604. The van der Waals surface area contributed by atoms with Gasteiger partial charge >= 0.3 is 0 Å². The minimum absolute atomic E-state index is 0.00292. The van der Waals surface area contributed by atoms with Gasteiger partial charge in [0.1, 0.15) is 6.10 Å². The van der Waals surface area contributed by atoms with Crippen LogP contribution in [-0.4, -0.2) is 38.4 Å². The second-order valence-electron chi connectivity index (χ2n) is 7.53. The van der Waals surface area contributed by atoms with E-state index in [0.29, 0.717) is 24.5 Å². The van der Waals surface area contributed by atoms with Gasteiger partial charge in [-0.1, -0.05) is 0 Å². The first-order valence-corrected chi connectivity index (χ1v) is 9.92. The first-order chi connectivity index (χ1) is 13.8. The lowest BCUT2D eigenvalue weighted by Crippen LogP contribution is -2.36. The number of amides is 1. The molecule has 0 N–H and O–H groups in total. The van der Waals surface area contributed by atoms with Gasteiger partial charge in [-0.15, -0.1) is 0 Å². The van der Waals surface area contributed by atoms with Gasteiger partial charge in [0, 0.05) is 49.1 Å². The van der Waals surface area contributed by atoms with Crippen molar-refractivity contribution in [2.45, 2.75) is 44.8 Å². The first-order valence-electron chi connectivity index (χ1n) is 9.92. The molecular weight excluding hydrogens is 352 g/mol. The molecule has 0 unspecified atom stereocenters. The molecule has 6 heteroatoms. The molecule has 0 radical (unpaired) electrons. The van der Waals surface area contributed by atoms with Crippen LogP contribution >= 0.6 is 0 Å². The highest BCUT2D eigenvalue weighted by Crippen LogP contribution is 2.25. The number of hydrogen-bond acceptors (Lipinski definition) is 5. The molecule has 0 aromatic carbocycles. The molecule has 3 aromatic heterocycles. The minimum atomic E-state index is -0.00292. The molecule has 142 valence electrons. The van der Waals surface area contributed by atoms with Gasteiger partial charge in [0.15, 0.2) is 5.65 Å². The molecule has 1 saturated carbocycles. The summed E-state index contributed by atoms with van der Waals surface area (Å²) in [4.78, 5) is 28.1. The Balaban J connectivity index is 1.31. The topological polar surface area (TPSA) is 68.2 Å². The van der Waals surface area contributed by atoms with E-state index in [0.717, 1.165) is 41.6 Å². The third-order valence-electron chi connectivity index (χ3n) is 5.60. The van der Waals surface area contributed by atoms with Gasteiger partial charge in [-0.3, -0.25) is 4.79 Å². The highest BCUT2D eigenvalue weighted by molar-refractivity contribution is 5.94.